The number of ketones is 1. The second-order valence-corrected chi connectivity index (χ2v) is 10.0. The summed E-state index contributed by atoms with van der Waals surface area (Å²) in [5, 5.41) is 23.7. The van der Waals surface area contributed by atoms with Crippen molar-refractivity contribution in [2.75, 3.05) is 19.8 Å². The minimum atomic E-state index is -0.560. The number of Topliss-reactive ketones (excluding diaryl/α,β-unsaturated/α-hetero) is 1. The molecule has 1 aromatic rings. The molecule has 3 rings (SSSR count). The minimum Gasteiger partial charge on any atom is -0.493 e. The summed E-state index contributed by atoms with van der Waals surface area (Å²) in [5.41, 5.74) is 2.87. The number of hydrazone groups is 1. The third kappa shape index (κ3) is 6.95. The summed E-state index contributed by atoms with van der Waals surface area (Å²) >= 11 is 0. The van der Waals surface area contributed by atoms with Crippen molar-refractivity contribution in [1.82, 2.24) is 5.01 Å². The van der Waals surface area contributed by atoms with Gasteiger partial charge in [0.05, 0.1) is 18.4 Å². The van der Waals surface area contributed by atoms with Crippen LogP contribution in [0.1, 0.15) is 76.7 Å². The molecule has 198 valence electrons. The second kappa shape index (κ2) is 12.5. The van der Waals surface area contributed by atoms with Crippen LogP contribution >= 0.6 is 12.4 Å². The highest BCUT2D eigenvalue weighted by Gasteiger charge is 2.37. The fourth-order valence-electron chi connectivity index (χ4n) is 3.92. The Kier molecular flexibility index (Phi) is 10.3. The predicted octanol–water partition coefficient (Wildman–Crippen LogP) is 4.93. The quantitative estimate of drug-likeness (QED) is 0.337. The summed E-state index contributed by atoms with van der Waals surface area (Å²) in [6.07, 6.45) is 4.21. The van der Waals surface area contributed by atoms with Crippen molar-refractivity contribution < 1.29 is 19.4 Å². The van der Waals surface area contributed by atoms with E-state index in [2.05, 4.69) is 44.7 Å². The number of nitrogens with one attached hydrogen (secondary N) is 1. The Labute approximate surface area is 220 Å². The van der Waals surface area contributed by atoms with Crippen LogP contribution in [0.3, 0.4) is 0 Å². The Bertz CT molecular complexity index is 1050. The number of benzene rings is 1. The van der Waals surface area contributed by atoms with Gasteiger partial charge in [0.15, 0.2) is 11.8 Å². The number of halogens is 1. The summed E-state index contributed by atoms with van der Waals surface area (Å²) in [6.45, 7) is 12.7. The van der Waals surface area contributed by atoms with Gasteiger partial charge in [-0.25, -0.2) is 10.0 Å². The molecule has 0 bridgehead atoms. The maximum atomic E-state index is 13.3. The zero-order chi connectivity index (χ0) is 25.8. The lowest BCUT2D eigenvalue weighted by Crippen LogP contribution is -2.36. The molecule has 1 aromatic carbocycles. The molecule has 2 aliphatic heterocycles. The van der Waals surface area contributed by atoms with Gasteiger partial charge in [-0.2, -0.15) is 5.10 Å². The number of fused-ring (bicyclic) bond motifs is 1. The molecule has 9 heteroatoms. The van der Waals surface area contributed by atoms with E-state index >= 15 is 0 Å². The van der Waals surface area contributed by atoms with Gasteiger partial charge >= 0.3 is 0 Å². The highest BCUT2D eigenvalue weighted by Crippen LogP contribution is 2.29. The maximum absolute atomic E-state index is 13.3. The molecule has 2 aliphatic rings. The average Bonchev–Trinajstić information content (AvgIpc) is 3.12. The highest BCUT2D eigenvalue weighted by molar-refractivity contribution is 6.24. The van der Waals surface area contributed by atoms with Crippen LogP contribution in [0, 0.1) is 5.41 Å². The van der Waals surface area contributed by atoms with Crippen LogP contribution in [-0.2, 0) is 10.2 Å². The molecule has 0 aromatic heterocycles. The minimum absolute atomic E-state index is 0. The van der Waals surface area contributed by atoms with E-state index in [0.717, 1.165) is 24.0 Å². The first-order chi connectivity index (χ1) is 16.6. The molecular weight excluding hydrogens is 480 g/mol. The number of hydrogen-bond acceptors (Lipinski definition) is 7. The number of ether oxygens (including phenoxy) is 2. The number of nitrogens with zero attached hydrogens (tertiary/aromatic N) is 3. The first-order valence-electron chi connectivity index (χ1n) is 12.4. The van der Waals surface area contributed by atoms with E-state index in [1.54, 1.807) is 6.07 Å². The fraction of sp³-hybridized carbons (Fsp3) is 0.556. The number of aliphatic hydroxyl groups excluding tert-OH is 1. The van der Waals surface area contributed by atoms with Gasteiger partial charge in [-0.3, -0.25) is 10.2 Å². The summed E-state index contributed by atoms with van der Waals surface area (Å²) in [4.78, 5) is 17.9. The highest BCUT2D eigenvalue weighted by atomic mass is 35.5. The van der Waals surface area contributed by atoms with Crippen LogP contribution in [0.5, 0.6) is 5.75 Å². The van der Waals surface area contributed by atoms with E-state index < -0.39 is 6.04 Å². The third-order valence-electron chi connectivity index (χ3n) is 6.18. The molecule has 1 atom stereocenters. The standard InChI is InChI=1S/C27H38N4O4.ClH/c1-7-20(8-2)35-23-12-17(3)24-25(29-23)26(28)31(30-24)16-22(33)18-13-19(27(4,5)6)15-21(14-18)34-11-9-10-32;/h12-15,20,25,28,32H,7-11,16H2,1-6H3;1H. The van der Waals surface area contributed by atoms with Gasteiger partial charge in [-0.05, 0) is 54.5 Å². The van der Waals surface area contributed by atoms with Gasteiger partial charge in [0.25, 0.3) is 0 Å². The summed E-state index contributed by atoms with van der Waals surface area (Å²) in [5.74, 6) is 1.12. The van der Waals surface area contributed by atoms with Crippen molar-refractivity contribution in [3.63, 3.8) is 0 Å². The van der Waals surface area contributed by atoms with Crippen molar-refractivity contribution in [1.29, 1.82) is 5.41 Å². The van der Waals surface area contributed by atoms with E-state index in [1.807, 2.05) is 25.1 Å². The number of dihydropyridines is 1. The molecular formula is C27H39ClN4O4. The largest absolute Gasteiger partial charge is 0.493 e. The zero-order valence-corrected chi connectivity index (χ0v) is 22.9. The molecule has 2 heterocycles. The van der Waals surface area contributed by atoms with Crippen molar-refractivity contribution in [2.24, 2.45) is 10.1 Å². The Morgan fingerprint density at radius 3 is 2.53 bits per heavy atom. The normalized spacial score (nSPS) is 17.2. The monoisotopic (exact) mass is 518 g/mol. The molecule has 1 unspecified atom stereocenters. The molecule has 36 heavy (non-hydrogen) atoms. The Morgan fingerprint density at radius 2 is 1.92 bits per heavy atom. The second-order valence-electron chi connectivity index (χ2n) is 10.0. The lowest BCUT2D eigenvalue weighted by molar-refractivity contribution is 0.0964. The SMILES string of the molecule is CCC(CC)OC1=NC2C(=N)N(CC(=O)c3cc(OCCCO)cc(C(C)(C)C)c3)N=C2C(C)=C1.Cl. The van der Waals surface area contributed by atoms with E-state index in [9.17, 15) is 4.79 Å². The lowest BCUT2D eigenvalue weighted by atomic mass is 9.85. The van der Waals surface area contributed by atoms with E-state index in [1.165, 1.54) is 5.01 Å². The third-order valence-corrected chi connectivity index (χ3v) is 6.18. The molecule has 0 aliphatic carbocycles. The molecule has 0 radical (unpaired) electrons. The molecule has 8 nitrogen and oxygen atoms in total. The topological polar surface area (TPSA) is 108 Å². The molecule has 2 N–H and O–H groups in total. The summed E-state index contributed by atoms with van der Waals surface area (Å²) in [6, 6.07) is 4.98. The van der Waals surface area contributed by atoms with Gasteiger partial charge < -0.3 is 14.6 Å². The number of aliphatic hydroxyl groups is 1. The maximum Gasteiger partial charge on any atom is 0.210 e. The van der Waals surface area contributed by atoms with Crippen molar-refractivity contribution in [3.8, 4) is 5.75 Å². The number of aliphatic imine (C=N–C) groups is 1. The molecule has 0 fully saturated rings. The van der Waals surface area contributed by atoms with Crippen molar-refractivity contribution in [2.45, 2.75) is 78.4 Å². The summed E-state index contributed by atoms with van der Waals surface area (Å²) < 4.78 is 11.8. The number of rotatable bonds is 10. The fourth-order valence-corrected chi connectivity index (χ4v) is 3.92. The first-order valence-corrected chi connectivity index (χ1v) is 12.4. The number of carbonyl (C=O) groups excluding carboxylic acids is 1. The van der Waals surface area contributed by atoms with Gasteiger partial charge in [-0.15, -0.1) is 12.4 Å². The molecule has 0 spiro atoms. The van der Waals surface area contributed by atoms with Crippen LogP contribution < -0.4 is 4.74 Å². The molecule has 0 saturated heterocycles. The van der Waals surface area contributed by atoms with Crippen LogP contribution in [0.2, 0.25) is 0 Å². The smallest absolute Gasteiger partial charge is 0.210 e. The van der Waals surface area contributed by atoms with Gasteiger partial charge in [0, 0.05) is 24.7 Å². The molecule has 0 saturated carbocycles. The van der Waals surface area contributed by atoms with Gasteiger partial charge in [0.2, 0.25) is 5.90 Å². The lowest BCUT2D eigenvalue weighted by Gasteiger charge is -2.22. The Morgan fingerprint density at radius 1 is 1.22 bits per heavy atom. The van der Waals surface area contributed by atoms with Gasteiger partial charge in [0.1, 0.15) is 18.1 Å². The zero-order valence-electron chi connectivity index (χ0n) is 22.1. The van der Waals surface area contributed by atoms with Crippen molar-refractivity contribution in [3.05, 3.63) is 41.0 Å². The van der Waals surface area contributed by atoms with Crippen molar-refractivity contribution >= 4 is 35.6 Å². The number of carbonyl (C=O) groups is 1. The van der Waals surface area contributed by atoms with E-state index in [0.29, 0.717) is 36.0 Å². The first kappa shape index (κ1) is 29.5. The Balaban J connectivity index is 0.00000456. The van der Waals surface area contributed by atoms with Gasteiger partial charge in [-0.1, -0.05) is 34.6 Å². The predicted molar refractivity (Wildman–Crippen MR) is 146 cm³/mol. The average molecular weight is 519 g/mol. The van der Waals surface area contributed by atoms with E-state index in [-0.39, 0.29) is 48.7 Å². The van der Waals surface area contributed by atoms with Crippen LogP contribution in [0.15, 0.2) is 39.9 Å². The number of hydrogen-bond donors (Lipinski definition) is 2. The summed E-state index contributed by atoms with van der Waals surface area (Å²) in [7, 11) is 0. The van der Waals surface area contributed by atoms with Crippen LogP contribution in [0.25, 0.3) is 0 Å². The van der Waals surface area contributed by atoms with Crippen LogP contribution in [0.4, 0.5) is 0 Å². The number of amidine groups is 1. The molecule has 0 amide bonds. The van der Waals surface area contributed by atoms with Crippen LogP contribution in [-0.4, -0.2) is 65.2 Å². The Hall–Kier alpha value is -2.71. The van der Waals surface area contributed by atoms with E-state index in [4.69, 9.17) is 20.0 Å².